The second kappa shape index (κ2) is 7.60. The molecule has 2 aromatic carbocycles. The van der Waals surface area contributed by atoms with Gasteiger partial charge in [-0.25, -0.2) is 0 Å². The molecule has 1 N–H and O–H groups in total. The van der Waals surface area contributed by atoms with E-state index in [-0.39, 0.29) is 11.8 Å². The summed E-state index contributed by atoms with van der Waals surface area (Å²) in [6, 6.07) is 14.7. The van der Waals surface area contributed by atoms with Crippen LogP contribution in [0.5, 0.6) is 0 Å². The minimum atomic E-state index is -0.178. The van der Waals surface area contributed by atoms with E-state index in [1.165, 1.54) is 4.90 Å². The van der Waals surface area contributed by atoms with Gasteiger partial charge in [0.1, 0.15) is 0 Å². The average Bonchev–Trinajstić information content (AvgIpc) is 2.83. The highest BCUT2D eigenvalue weighted by molar-refractivity contribution is 6.30. The Morgan fingerprint density at radius 2 is 1.62 bits per heavy atom. The highest BCUT2D eigenvalue weighted by atomic mass is 35.5. The van der Waals surface area contributed by atoms with E-state index in [2.05, 4.69) is 5.32 Å². The lowest BCUT2D eigenvalue weighted by Gasteiger charge is -2.13. The second-order valence-corrected chi connectivity index (χ2v) is 6.26. The fourth-order valence-electron chi connectivity index (χ4n) is 2.84. The van der Waals surface area contributed by atoms with Gasteiger partial charge in [0.05, 0.1) is 11.1 Å². The third-order valence-corrected chi connectivity index (χ3v) is 4.32. The van der Waals surface area contributed by atoms with Gasteiger partial charge in [-0.15, -0.1) is 0 Å². The summed E-state index contributed by atoms with van der Waals surface area (Å²) in [5, 5.41) is 4.08. The number of carbonyl (C=O) groups excluding carboxylic acids is 2. The molecule has 124 valence electrons. The molecule has 24 heavy (non-hydrogen) atoms. The largest absolute Gasteiger partial charge is 0.313 e. The minimum absolute atomic E-state index is 0.178. The Hall–Kier alpha value is -2.17. The summed E-state index contributed by atoms with van der Waals surface area (Å²) in [5.41, 5.74) is 2.17. The number of nitrogens with one attached hydrogen (secondary N) is 1. The maximum atomic E-state index is 12.2. The zero-order valence-electron chi connectivity index (χ0n) is 13.3. The van der Waals surface area contributed by atoms with Crippen LogP contribution in [0.3, 0.4) is 0 Å². The number of benzene rings is 2. The van der Waals surface area contributed by atoms with Gasteiger partial charge in [-0.3, -0.25) is 14.5 Å². The van der Waals surface area contributed by atoms with Crippen molar-refractivity contribution in [3.63, 3.8) is 0 Å². The van der Waals surface area contributed by atoms with Crippen LogP contribution in [0, 0.1) is 0 Å². The van der Waals surface area contributed by atoms with Crippen molar-refractivity contribution in [1.29, 1.82) is 0 Å². The van der Waals surface area contributed by atoms with Crippen LogP contribution in [0.15, 0.2) is 48.5 Å². The molecule has 0 spiro atoms. The SMILES string of the molecule is O=C1c2ccccc2C(=O)N1CCCCNCc1cccc(Cl)c1. The molecule has 0 atom stereocenters. The van der Waals surface area contributed by atoms with Crippen LogP contribution in [0.2, 0.25) is 5.02 Å². The molecule has 1 aliphatic rings. The monoisotopic (exact) mass is 342 g/mol. The van der Waals surface area contributed by atoms with E-state index < -0.39 is 0 Å². The number of nitrogens with zero attached hydrogens (tertiary/aromatic N) is 1. The van der Waals surface area contributed by atoms with Gasteiger partial charge in [-0.1, -0.05) is 35.9 Å². The third kappa shape index (κ3) is 3.66. The third-order valence-electron chi connectivity index (χ3n) is 4.08. The fourth-order valence-corrected chi connectivity index (χ4v) is 3.05. The van der Waals surface area contributed by atoms with Crippen molar-refractivity contribution in [3.8, 4) is 0 Å². The number of fused-ring (bicyclic) bond motifs is 1. The number of hydrogen-bond acceptors (Lipinski definition) is 3. The first-order chi connectivity index (χ1) is 11.7. The van der Waals surface area contributed by atoms with Gasteiger partial charge >= 0.3 is 0 Å². The highest BCUT2D eigenvalue weighted by Gasteiger charge is 2.34. The Kier molecular flexibility index (Phi) is 5.28. The molecule has 1 aliphatic heterocycles. The van der Waals surface area contributed by atoms with Crippen molar-refractivity contribution in [2.24, 2.45) is 0 Å². The summed E-state index contributed by atoms with van der Waals surface area (Å²) in [7, 11) is 0. The lowest BCUT2D eigenvalue weighted by molar-refractivity contribution is 0.0651. The van der Waals surface area contributed by atoms with Gasteiger partial charge in [-0.05, 0) is 49.2 Å². The van der Waals surface area contributed by atoms with Crippen molar-refractivity contribution < 1.29 is 9.59 Å². The summed E-state index contributed by atoms with van der Waals surface area (Å²) in [6.07, 6.45) is 1.68. The zero-order chi connectivity index (χ0) is 16.9. The first-order valence-corrected chi connectivity index (χ1v) is 8.45. The van der Waals surface area contributed by atoms with E-state index in [1.807, 2.05) is 24.3 Å². The van der Waals surface area contributed by atoms with Gasteiger partial charge in [0.15, 0.2) is 0 Å². The van der Waals surface area contributed by atoms with Crippen LogP contribution in [0.4, 0.5) is 0 Å². The first-order valence-electron chi connectivity index (χ1n) is 8.07. The van der Waals surface area contributed by atoms with Crippen molar-refractivity contribution in [1.82, 2.24) is 10.2 Å². The highest BCUT2D eigenvalue weighted by Crippen LogP contribution is 2.22. The quantitative estimate of drug-likeness (QED) is 0.619. The Morgan fingerprint density at radius 1 is 0.917 bits per heavy atom. The predicted octanol–water partition coefficient (Wildman–Crippen LogP) is 3.51. The number of imide groups is 1. The van der Waals surface area contributed by atoms with E-state index in [0.717, 1.165) is 36.5 Å². The maximum Gasteiger partial charge on any atom is 0.261 e. The van der Waals surface area contributed by atoms with E-state index >= 15 is 0 Å². The normalized spacial score (nSPS) is 13.5. The molecule has 0 aromatic heterocycles. The standard InChI is InChI=1S/C19H19ClN2O2/c20-15-7-5-6-14(12-15)13-21-10-3-4-11-22-18(23)16-8-1-2-9-17(16)19(22)24/h1-2,5-9,12,21H,3-4,10-11,13H2. The van der Waals surface area contributed by atoms with Crippen molar-refractivity contribution >= 4 is 23.4 Å². The zero-order valence-corrected chi connectivity index (χ0v) is 14.1. The van der Waals surface area contributed by atoms with Gasteiger partial charge in [0.25, 0.3) is 11.8 Å². The average molecular weight is 343 g/mol. The molecule has 5 heteroatoms. The van der Waals surface area contributed by atoms with Crippen LogP contribution in [-0.2, 0) is 6.54 Å². The summed E-state index contributed by atoms with van der Waals surface area (Å²) in [4.78, 5) is 25.8. The molecule has 0 saturated heterocycles. The topological polar surface area (TPSA) is 49.4 Å². The number of unbranched alkanes of at least 4 members (excludes halogenated alkanes) is 1. The number of amides is 2. The predicted molar refractivity (Wildman–Crippen MR) is 94.2 cm³/mol. The van der Waals surface area contributed by atoms with E-state index in [0.29, 0.717) is 17.7 Å². The number of carbonyl (C=O) groups is 2. The smallest absolute Gasteiger partial charge is 0.261 e. The Labute approximate surface area is 146 Å². The van der Waals surface area contributed by atoms with Crippen LogP contribution in [0.1, 0.15) is 39.1 Å². The second-order valence-electron chi connectivity index (χ2n) is 5.82. The molecular formula is C19H19ClN2O2. The fraction of sp³-hybridized carbons (Fsp3) is 0.263. The van der Waals surface area contributed by atoms with Crippen molar-refractivity contribution in [2.75, 3.05) is 13.1 Å². The lowest BCUT2D eigenvalue weighted by atomic mass is 10.1. The molecule has 0 unspecified atom stereocenters. The Bertz CT molecular complexity index is 726. The molecule has 0 radical (unpaired) electrons. The molecule has 4 nitrogen and oxygen atoms in total. The molecule has 0 bridgehead atoms. The number of halogens is 1. The number of rotatable bonds is 7. The van der Waals surface area contributed by atoms with Crippen molar-refractivity contribution in [3.05, 3.63) is 70.2 Å². The molecule has 2 amide bonds. The molecule has 1 heterocycles. The summed E-state index contributed by atoms with van der Waals surface area (Å²) in [5.74, 6) is -0.357. The summed E-state index contributed by atoms with van der Waals surface area (Å²) in [6.45, 7) is 2.05. The van der Waals surface area contributed by atoms with Crippen LogP contribution in [0.25, 0.3) is 0 Å². The minimum Gasteiger partial charge on any atom is -0.313 e. The maximum absolute atomic E-state index is 12.2. The van der Waals surface area contributed by atoms with Gasteiger partial charge in [-0.2, -0.15) is 0 Å². The lowest BCUT2D eigenvalue weighted by Crippen LogP contribution is -2.31. The summed E-state index contributed by atoms with van der Waals surface area (Å²) < 4.78 is 0. The Balaban J connectivity index is 1.40. The molecule has 0 aliphatic carbocycles. The molecule has 3 rings (SSSR count). The van der Waals surface area contributed by atoms with E-state index in [4.69, 9.17) is 11.6 Å². The van der Waals surface area contributed by atoms with Crippen LogP contribution >= 0.6 is 11.6 Å². The van der Waals surface area contributed by atoms with Crippen LogP contribution < -0.4 is 5.32 Å². The molecule has 0 fully saturated rings. The van der Waals surface area contributed by atoms with Gasteiger partial charge in [0, 0.05) is 18.1 Å². The van der Waals surface area contributed by atoms with Crippen LogP contribution in [-0.4, -0.2) is 29.8 Å². The Morgan fingerprint density at radius 3 is 2.29 bits per heavy atom. The van der Waals surface area contributed by atoms with Crippen molar-refractivity contribution in [2.45, 2.75) is 19.4 Å². The molecule has 2 aromatic rings. The first kappa shape index (κ1) is 16.7. The van der Waals surface area contributed by atoms with Gasteiger partial charge < -0.3 is 5.32 Å². The van der Waals surface area contributed by atoms with Gasteiger partial charge in [0.2, 0.25) is 0 Å². The molecular weight excluding hydrogens is 324 g/mol. The van der Waals surface area contributed by atoms with E-state index in [1.54, 1.807) is 24.3 Å². The van der Waals surface area contributed by atoms with E-state index in [9.17, 15) is 9.59 Å². The summed E-state index contributed by atoms with van der Waals surface area (Å²) >= 11 is 5.95. The number of hydrogen-bond donors (Lipinski definition) is 1. The molecule has 0 saturated carbocycles.